The summed E-state index contributed by atoms with van der Waals surface area (Å²) < 4.78 is 15.2. The van der Waals surface area contributed by atoms with Gasteiger partial charge in [0, 0.05) is 12.5 Å². The average molecular weight is 323 g/mol. The second kappa shape index (κ2) is 7.08. The van der Waals surface area contributed by atoms with Gasteiger partial charge in [0.15, 0.2) is 23.4 Å². The Morgan fingerprint density at radius 1 is 1.22 bits per heavy atom. The van der Waals surface area contributed by atoms with Crippen LogP contribution in [0, 0.1) is 10.1 Å². The monoisotopic (exact) mass is 323 g/mol. The normalized spacial score (nSPS) is 17.5. The van der Waals surface area contributed by atoms with Crippen molar-refractivity contribution in [3.8, 4) is 11.5 Å². The number of carbonyl (C=O) groups excluding carboxylic acids is 2. The van der Waals surface area contributed by atoms with Crippen LogP contribution in [0.15, 0.2) is 12.1 Å². The van der Waals surface area contributed by atoms with E-state index < -0.39 is 22.7 Å². The smallest absolute Gasteiger partial charge is 0.346 e. The third kappa shape index (κ3) is 3.58. The van der Waals surface area contributed by atoms with Gasteiger partial charge in [0.05, 0.1) is 25.2 Å². The molecule has 1 saturated carbocycles. The van der Waals surface area contributed by atoms with Crippen molar-refractivity contribution in [2.24, 2.45) is 0 Å². The maximum absolute atomic E-state index is 12.3. The Labute approximate surface area is 132 Å². The van der Waals surface area contributed by atoms with E-state index in [1.807, 2.05) is 0 Å². The first kappa shape index (κ1) is 16.7. The van der Waals surface area contributed by atoms with Crippen molar-refractivity contribution in [1.29, 1.82) is 0 Å². The summed E-state index contributed by atoms with van der Waals surface area (Å²) in [5.74, 6) is -0.782. The van der Waals surface area contributed by atoms with E-state index in [1.165, 1.54) is 20.3 Å². The number of nitro groups is 1. The molecule has 0 spiro atoms. The molecule has 1 fully saturated rings. The van der Waals surface area contributed by atoms with Crippen molar-refractivity contribution in [2.75, 3.05) is 14.2 Å². The lowest BCUT2D eigenvalue weighted by molar-refractivity contribution is -0.385. The molecule has 1 unspecified atom stereocenters. The lowest BCUT2D eigenvalue weighted by Crippen LogP contribution is -2.30. The highest BCUT2D eigenvalue weighted by Crippen LogP contribution is 2.35. The summed E-state index contributed by atoms with van der Waals surface area (Å²) in [6.07, 6.45) is 1.49. The molecule has 8 heteroatoms. The average Bonchev–Trinajstić information content (AvgIpc) is 2.55. The topological polar surface area (TPSA) is 105 Å². The van der Waals surface area contributed by atoms with E-state index in [0.717, 1.165) is 18.9 Å². The number of hydrogen-bond donors (Lipinski definition) is 0. The van der Waals surface area contributed by atoms with Crippen molar-refractivity contribution in [1.82, 2.24) is 0 Å². The molecule has 0 bridgehead atoms. The van der Waals surface area contributed by atoms with Crippen LogP contribution in [0.3, 0.4) is 0 Å². The SMILES string of the molecule is COc1cc(C(=O)OC2CCCCC2=O)c([N+](=O)[O-])cc1OC. The predicted octanol–water partition coefficient (Wildman–Crippen LogP) is 2.28. The summed E-state index contributed by atoms with van der Waals surface area (Å²) in [6.45, 7) is 0. The van der Waals surface area contributed by atoms with E-state index in [2.05, 4.69) is 0 Å². The van der Waals surface area contributed by atoms with Crippen molar-refractivity contribution in [2.45, 2.75) is 31.8 Å². The molecule has 124 valence electrons. The molecule has 0 N–H and O–H groups in total. The molecule has 0 amide bonds. The molecular formula is C15H17NO7. The minimum atomic E-state index is -0.919. The zero-order valence-corrected chi connectivity index (χ0v) is 12.9. The van der Waals surface area contributed by atoms with Gasteiger partial charge in [0.2, 0.25) is 0 Å². The van der Waals surface area contributed by atoms with Gasteiger partial charge in [-0.15, -0.1) is 0 Å². The fourth-order valence-corrected chi connectivity index (χ4v) is 2.45. The molecule has 8 nitrogen and oxygen atoms in total. The number of nitrogens with zero attached hydrogens (tertiary/aromatic N) is 1. The Morgan fingerprint density at radius 3 is 2.43 bits per heavy atom. The van der Waals surface area contributed by atoms with Crippen molar-refractivity contribution < 1.29 is 28.7 Å². The molecule has 2 rings (SSSR count). The van der Waals surface area contributed by atoms with Crippen LogP contribution in [0.5, 0.6) is 11.5 Å². The second-order valence-corrected chi connectivity index (χ2v) is 5.09. The van der Waals surface area contributed by atoms with Gasteiger partial charge in [-0.25, -0.2) is 4.79 Å². The summed E-state index contributed by atoms with van der Waals surface area (Å²) in [5, 5.41) is 11.2. The third-order valence-electron chi connectivity index (χ3n) is 3.67. The molecule has 0 radical (unpaired) electrons. The molecule has 0 aliphatic heterocycles. The maximum atomic E-state index is 12.3. The predicted molar refractivity (Wildman–Crippen MR) is 78.9 cm³/mol. The van der Waals surface area contributed by atoms with Gasteiger partial charge in [0.25, 0.3) is 5.69 Å². The first-order chi connectivity index (χ1) is 11.0. The van der Waals surface area contributed by atoms with Crippen LogP contribution in [0.1, 0.15) is 36.0 Å². The Hall–Kier alpha value is -2.64. The van der Waals surface area contributed by atoms with Crippen LogP contribution in [-0.2, 0) is 9.53 Å². The van der Waals surface area contributed by atoms with E-state index in [4.69, 9.17) is 14.2 Å². The highest BCUT2D eigenvalue weighted by molar-refractivity contribution is 5.97. The summed E-state index contributed by atoms with van der Waals surface area (Å²) in [7, 11) is 2.68. The Bertz CT molecular complexity index is 641. The van der Waals surface area contributed by atoms with Crippen LogP contribution in [0.2, 0.25) is 0 Å². The number of carbonyl (C=O) groups is 2. The first-order valence-corrected chi connectivity index (χ1v) is 7.12. The molecule has 1 aromatic rings. The Morgan fingerprint density at radius 2 is 1.87 bits per heavy atom. The van der Waals surface area contributed by atoms with Gasteiger partial charge < -0.3 is 14.2 Å². The standard InChI is InChI=1S/C15H17NO7/c1-21-13-7-9(10(16(19)20)8-14(13)22-2)15(18)23-12-6-4-3-5-11(12)17/h7-8,12H,3-6H2,1-2H3. The molecule has 23 heavy (non-hydrogen) atoms. The van der Waals surface area contributed by atoms with Gasteiger partial charge in [-0.05, 0) is 19.3 Å². The number of benzene rings is 1. The summed E-state index contributed by atoms with van der Waals surface area (Å²) in [5.41, 5.74) is -0.734. The number of ketones is 1. The molecule has 0 saturated heterocycles. The molecule has 1 aliphatic carbocycles. The molecular weight excluding hydrogens is 306 g/mol. The van der Waals surface area contributed by atoms with E-state index in [1.54, 1.807) is 0 Å². The Balaban J connectivity index is 2.34. The number of rotatable bonds is 5. The largest absolute Gasteiger partial charge is 0.493 e. The van der Waals surface area contributed by atoms with Gasteiger partial charge in [0.1, 0.15) is 5.56 Å². The van der Waals surface area contributed by atoms with Crippen molar-refractivity contribution in [3.05, 3.63) is 27.8 Å². The Kier molecular flexibility index (Phi) is 5.15. The highest BCUT2D eigenvalue weighted by atomic mass is 16.6. The summed E-state index contributed by atoms with van der Waals surface area (Å²) >= 11 is 0. The number of hydrogen-bond acceptors (Lipinski definition) is 7. The van der Waals surface area contributed by atoms with Crippen LogP contribution in [0.25, 0.3) is 0 Å². The number of ether oxygens (including phenoxy) is 3. The number of Topliss-reactive ketones (excluding diaryl/α,β-unsaturated/α-hetero) is 1. The lowest BCUT2D eigenvalue weighted by atomic mass is 9.96. The number of esters is 1. The molecule has 1 aromatic carbocycles. The fraction of sp³-hybridized carbons (Fsp3) is 0.467. The number of methoxy groups -OCH3 is 2. The summed E-state index contributed by atoms with van der Waals surface area (Å²) in [6, 6.07) is 2.28. The quantitative estimate of drug-likeness (QED) is 0.465. The highest BCUT2D eigenvalue weighted by Gasteiger charge is 2.31. The maximum Gasteiger partial charge on any atom is 0.346 e. The van der Waals surface area contributed by atoms with Crippen molar-refractivity contribution in [3.63, 3.8) is 0 Å². The van der Waals surface area contributed by atoms with E-state index in [-0.39, 0.29) is 22.8 Å². The van der Waals surface area contributed by atoms with E-state index in [9.17, 15) is 19.7 Å². The lowest BCUT2D eigenvalue weighted by Gasteiger charge is -2.20. The van der Waals surface area contributed by atoms with Crippen LogP contribution < -0.4 is 9.47 Å². The number of nitro benzene ring substituents is 1. The van der Waals surface area contributed by atoms with Gasteiger partial charge in [-0.3, -0.25) is 14.9 Å². The van der Waals surface area contributed by atoms with E-state index >= 15 is 0 Å². The molecule has 0 heterocycles. The van der Waals surface area contributed by atoms with Crippen LogP contribution in [0.4, 0.5) is 5.69 Å². The first-order valence-electron chi connectivity index (χ1n) is 7.12. The minimum Gasteiger partial charge on any atom is -0.493 e. The second-order valence-electron chi connectivity index (χ2n) is 5.09. The van der Waals surface area contributed by atoms with E-state index in [0.29, 0.717) is 12.8 Å². The van der Waals surface area contributed by atoms with Crippen LogP contribution >= 0.6 is 0 Å². The van der Waals surface area contributed by atoms with Gasteiger partial charge in [-0.2, -0.15) is 0 Å². The molecule has 1 atom stereocenters. The van der Waals surface area contributed by atoms with Gasteiger partial charge >= 0.3 is 5.97 Å². The summed E-state index contributed by atoms with van der Waals surface area (Å²) in [4.78, 5) is 34.5. The van der Waals surface area contributed by atoms with Crippen LogP contribution in [-0.4, -0.2) is 37.0 Å². The molecule has 1 aliphatic rings. The van der Waals surface area contributed by atoms with Crippen molar-refractivity contribution >= 4 is 17.4 Å². The zero-order valence-electron chi connectivity index (χ0n) is 12.9. The molecule has 0 aromatic heterocycles. The third-order valence-corrected chi connectivity index (χ3v) is 3.67. The zero-order chi connectivity index (χ0) is 17.0. The van der Waals surface area contributed by atoms with Gasteiger partial charge in [-0.1, -0.05) is 0 Å². The fourth-order valence-electron chi connectivity index (χ4n) is 2.45. The minimum absolute atomic E-state index is 0.129.